The second kappa shape index (κ2) is 61.7. The van der Waals surface area contributed by atoms with E-state index in [1.54, 1.807) is 0 Å². The minimum Gasteiger partial charge on any atom is -0.462 e. The molecule has 424 valence electrons. The average molecular weight is 1020 g/mol. The Labute approximate surface area is 453 Å². The summed E-state index contributed by atoms with van der Waals surface area (Å²) in [6, 6.07) is 0. The maximum atomic E-state index is 12.9. The molecule has 0 aromatic carbocycles. The number of allylic oxidation sites excluding steroid dienone is 10. The molecule has 6 heteroatoms. The van der Waals surface area contributed by atoms with Gasteiger partial charge in [-0.05, 0) is 103 Å². The van der Waals surface area contributed by atoms with Crippen molar-refractivity contribution in [2.45, 2.75) is 335 Å². The molecule has 0 aliphatic carbocycles. The Balaban J connectivity index is 4.41. The summed E-state index contributed by atoms with van der Waals surface area (Å²) in [5, 5.41) is 0. The number of unbranched alkanes of at least 4 members (excludes halogenated alkanes) is 37. The highest BCUT2D eigenvalue weighted by molar-refractivity contribution is 5.71. The van der Waals surface area contributed by atoms with Gasteiger partial charge in [-0.2, -0.15) is 0 Å². The summed E-state index contributed by atoms with van der Waals surface area (Å²) in [5.74, 6) is -0.934. The normalized spacial score (nSPS) is 12.4. The molecule has 0 amide bonds. The summed E-state index contributed by atoms with van der Waals surface area (Å²) in [6.07, 6.45) is 78.0. The van der Waals surface area contributed by atoms with Crippen LogP contribution in [0.2, 0.25) is 0 Å². The fourth-order valence-electron chi connectivity index (χ4n) is 9.16. The number of carbonyl (C=O) groups excluding carboxylic acids is 3. The SMILES string of the molecule is CCCCCCCC/C=C\C/C=C\C/C=C\CCCC(=O)OC[C@H](COC(=O)CCCCCCCCC/C=C\CCCCCCCC)OC(=O)CCCCCCCCCCCCC/C=C\CCCCCCCC. The molecule has 0 aliphatic rings. The second-order valence-electron chi connectivity index (χ2n) is 21.3. The molecule has 0 aliphatic heterocycles. The van der Waals surface area contributed by atoms with Crippen LogP contribution in [0.25, 0.3) is 0 Å². The topological polar surface area (TPSA) is 78.9 Å². The van der Waals surface area contributed by atoms with E-state index in [4.69, 9.17) is 14.2 Å². The third-order valence-electron chi connectivity index (χ3n) is 14.0. The van der Waals surface area contributed by atoms with Crippen LogP contribution in [0.15, 0.2) is 60.8 Å². The zero-order valence-corrected chi connectivity index (χ0v) is 48.7. The molecule has 73 heavy (non-hydrogen) atoms. The van der Waals surface area contributed by atoms with E-state index < -0.39 is 6.10 Å². The highest BCUT2D eigenvalue weighted by atomic mass is 16.6. The number of hydrogen-bond donors (Lipinski definition) is 0. The molecular weight excluding hydrogens is 901 g/mol. The fraction of sp³-hybridized carbons (Fsp3) is 0.806. The first-order valence-electron chi connectivity index (χ1n) is 31.8. The van der Waals surface area contributed by atoms with Crippen LogP contribution in [0.3, 0.4) is 0 Å². The van der Waals surface area contributed by atoms with Gasteiger partial charge < -0.3 is 14.2 Å². The minimum absolute atomic E-state index is 0.0905. The first-order valence-corrected chi connectivity index (χ1v) is 31.8. The van der Waals surface area contributed by atoms with Gasteiger partial charge in [0.25, 0.3) is 0 Å². The van der Waals surface area contributed by atoms with Crippen molar-refractivity contribution in [2.75, 3.05) is 13.2 Å². The lowest BCUT2D eigenvalue weighted by Gasteiger charge is -2.18. The van der Waals surface area contributed by atoms with E-state index in [9.17, 15) is 14.4 Å². The number of carbonyl (C=O) groups is 3. The van der Waals surface area contributed by atoms with E-state index in [0.29, 0.717) is 19.3 Å². The van der Waals surface area contributed by atoms with Crippen molar-refractivity contribution < 1.29 is 28.6 Å². The predicted molar refractivity (Wildman–Crippen MR) is 316 cm³/mol. The molecule has 0 rings (SSSR count). The Morgan fingerprint density at radius 1 is 0.274 bits per heavy atom. The number of esters is 3. The van der Waals surface area contributed by atoms with Crippen molar-refractivity contribution in [1.82, 2.24) is 0 Å². The molecular formula is C67H120O6. The summed E-state index contributed by atoms with van der Waals surface area (Å²) >= 11 is 0. The van der Waals surface area contributed by atoms with E-state index in [-0.39, 0.29) is 37.5 Å². The van der Waals surface area contributed by atoms with Gasteiger partial charge in [0.1, 0.15) is 13.2 Å². The molecule has 6 nitrogen and oxygen atoms in total. The summed E-state index contributed by atoms with van der Waals surface area (Å²) in [7, 11) is 0. The summed E-state index contributed by atoms with van der Waals surface area (Å²) < 4.78 is 16.9. The molecule has 0 N–H and O–H groups in total. The monoisotopic (exact) mass is 1020 g/mol. The lowest BCUT2D eigenvalue weighted by atomic mass is 10.0. The Kier molecular flexibility index (Phi) is 59.2. The quantitative estimate of drug-likeness (QED) is 0.0261. The van der Waals surface area contributed by atoms with E-state index in [0.717, 1.165) is 57.8 Å². The van der Waals surface area contributed by atoms with E-state index in [1.807, 2.05) is 0 Å². The Hall–Kier alpha value is -2.89. The number of hydrogen-bond acceptors (Lipinski definition) is 6. The maximum Gasteiger partial charge on any atom is 0.306 e. The highest BCUT2D eigenvalue weighted by Crippen LogP contribution is 2.16. The van der Waals surface area contributed by atoms with Crippen molar-refractivity contribution in [2.24, 2.45) is 0 Å². The molecule has 0 bridgehead atoms. The summed E-state index contributed by atoms with van der Waals surface area (Å²) in [6.45, 7) is 6.62. The van der Waals surface area contributed by atoms with Crippen molar-refractivity contribution in [1.29, 1.82) is 0 Å². The molecule has 0 saturated carbocycles. The van der Waals surface area contributed by atoms with Gasteiger partial charge >= 0.3 is 17.9 Å². The summed E-state index contributed by atoms with van der Waals surface area (Å²) in [5.41, 5.74) is 0. The molecule has 0 aromatic rings. The van der Waals surface area contributed by atoms with Gasteiger partial charge in [-0.3, -0.25) is 14.4 Å². The molecule has 0 heterocycles. The van der Waals surface area contributed by atoms with E-state index in [2.05, 4.69) is 81.5 Å². The van der Waals surface area contributed by atoms with Gasteiger partial charge in [-0.25, -0.2) is 0 Å². The molecule has 0 radical (unpaired) electrons. The average Bonchev–Trinajstić information content (AvgIpc) is 3.39. The largest absolute Gasteiger partial charge is 0.462 e. The van der Waals surface area contributed by atoms with Crippen LogP contribution >= 0.6 is 0 Å². The van der Waals surface area contributed by atoms with Crippen LogP contribution < -0.4 is 0 Å². The molecule has 0 saturated heterocycles. The number of ether oxygens (including phenoxy) is 3. The van der Waals surface area contributed by atoms with Crippen LogP contribution in [-0.4, -0.2) is 37.2 Å². The standard InChI is InChI=1S/C67H120O6/c1-4-7-10-13-16-19-22-25-28-31-32-33-34-37-40-43-46-49-52-55-58-61-67(70)73-64(62-71-65(68)59-56-53-50-47-44-41-38-35-29-26-23-20-17-14-11-8-5-2)63-72-66(69)60-57-54-51-48-45-42-39-36-30-27-24-21-18-15-12-9-6-3/h25-30,38,41,47,50,64H,4-24,31-37,39-40,42-46,48-49,51-63H2,1-3H3/b28-25-,29-26-,30-27-,41-38-,50-47-/t64-/m1/s1. The van der Waals surface area contributed by atoms with Crippen molar-refractivity contribution in [3.05, 3.63) is 60.8 Å². The summed E-state index contributed by atoms with van der Waals surface area (Å²) in [4.78, 5) is 38.3. The van der Waals surface area contributed by atoms with Crippen LogP contribution in [0.4, 0.5) is 0 Å². The van der Waals surface area contributed by atoms with E-state index in [1.165, 1.54) is 225 Å². The van der Waals surface area contributed by atoms with Crippen LogP contribution in [0.5, 0.6) is 0 Å². The van der Waals surface area contributed by atoms with E-state index >= 15 is 0 Å². The Morgan fingerprint density at radius 3 is 0.836 bits per heavy atom. The fourth-order valence-corrected chi connectivity index (χ4v) is 9.16. The Bertz CT molecular complexity index is 1310. The Morgan fingerprint density at radius 2 is 0.507 bits per heavy atom. The van der Waals surface area contributed by atoms with Crippen molar-refractivity contribution >= 4 is 17.9 Å². The third kappa shape index (κ3) is 59.9. The molecule has 0 unspecified atom stereocenters. The van der Waals surface area contributed by atoms with Gasteiger partial charge in [-0.1, -0.05) is 268 Å². The van der Waals surface area contributed by atoms with Crippen LogP contribution in [0.1, 0.15) is 329 Å². The zero-order chi connectivity index (χ0) is 52.9. The molecule has 0 spiro atoms. The minimum atomic E-state index is -0.797. The van der Waals surface area contributed by atoms with Crippen LogP contribution in [-0.2, 0) is 28.6 Å². The first kappa shape index (κ1) is 70.1. The van der Waals surface area contributed by atoms with Gasteiger partial charge in [0.2, 0.25) is 0 Å². The maximum absolute atomic E-state index is 12.9. The zero-order valence-electron chi connectivity index (χ0n) is 48.7. The molecule has 1 atom stereocenters. The lowest BCUT2D eigenvalue weighted by molar-refractivity contribution is -0.167. The predicted octanol–water partition coefficient (Wildman–Crippen LogP) is 21.6. The van der Waals surface area contributed by atoms with Gasteiger partial charge in [-0.15, -0.1) is 0 Å². The smallest absolute Gasteiger partial charge is 0.306 e. The van der Waals surface area contributed by atoms with Gasteiger partial charge in [0.05, 0.1) is 0 Å². The van der Waals surface area contributed by atoms with Crippen LogP contribution in [0, 0.1) is 0 Å². The lowest BCUT2D eigenvalue weighted by Crippen LogP contribution is -2.30. The highest BCUT2D eigenvalue weighted by Gasteiger charge is 2.19. The van der Waals surface area contributed by atoms with Crippen molar-refractivity contribution in [3.63, 3.8) is 0 Å². The number of rotatable bonds is 58. The van der Waals surface area contributed by atoms with Gasteiger partial charge in [0, 0.05) is 19.3 Å². The molecule has 0 aromatic heterocycles. The second-order valence-corrected chi connectivity index (χ2v) is 21.3. The first-order chi connectivity index (χ1) is 36.0. The van der Waals surface area contributed by atoms with Gasteiger partial charge in [0.15, 0.2) is 6.10 Å². The molecule has 0 fully saturated rings. The third-order valence-corrected chi connectivity index (χ3v) is 14.0. The van der Waals surface area contributed by atoms with Crippen molar-refractivity contribution in [3.8, 4) is 0 Å².